The summed E-state index contributed by atoms with van der Waals surface area (Å²) in [5.41, 5.74) is 3.91. The molecule has 0 spiro atoms. The number of anilines is 1. The van der Waals surface area contributed by atoms with E-state index in [-0.39, 0.29) is 17.3 Å². The predicted molar refractivity (Wildman–Crippen MR) is 107 cm³/mol. The highest BCUT2D eigenvalue weighted by atomic mass is 32.2. The van der Waals surface area contributed by atoms with Crippen LogP contribution in [0.1, 0.15) is 11.1 Å². The van der Waals surface area contributed by atoms with Gasteiger partial charge in [0.2, 0.25) is 5.91 Å². The Bertz CT molecular complexity index is 1140. The summed E-state index contributed by atoms with van der Waals surface area (Å²) in [6, 6.07) is 16.0. The average Bonchev–Trinajstić information content (AvgIpc) is 2.71. The second-order valence-electron chi connectivity index (χ2n) is 6.66. The molecule has 1 aromatic heterocycles. The molecule has 6 nitrogen and oxygen atoms in total. The number of nitrogens with zero attached hydrogens (tertiary/aromatic N) is 2. The molecule has 7 heteroatoms. The van der Waals surface area contributed by atoms with Gasteiger partial charge in [0.15, 0.2) is 0 Å². The van der Waals surface area contributed by atoms with Crippen molar-refractivity contribution in [2.24, 2.45) is 0 Å². The first-order chi connectivity index (χ1) is 13.5. The fourth-order valence-corrected chi connectivity index (χ4v) is 4.95. The largest absolute Gasteiger partial charge is 0.350 e. The lowest BCUT2D eigenvalue weighted by atomic mass is 10.0. The highest BCUT2D eigenvalue weighted by Crippen LogP contribution is 2.43. The third kappa shape index (κ3) is 3.25. The van der Waals surface area contributed by atoms with Crippen molar-refractivity contribution in [1.29, 1.82) is 0 Å². The molecule has 3 aromatic rings. The van der Waals surface area contributed by atoms with Crippen LogP contribution in [-0.2, 0) is 21.4 Å². The minimum absolute atomic E-state index is 0.218. The van der Waals surface area contributed by atoms with Gasteiger partial charge in [0, 0.05) is 30.1 Å². The molecule has 2 heterocycles. The van der Waals surface area contributed by atoms with E-state index in [1.165, 1.54) is 4.31 Å². The Morgan fingerprint density at radius 2 is 1.79 bits per heavy atom. The van der Waals surface area contributed by atoms with Crippen molar-refractivity contribution in [1.82, 2.24) is 10.3 Å². The van der Waals surface area contributed by atoms with Crippen LogP contribution in [0.4, 0.5) is 5.69 Å². The van der Waals surface area contributed by atoms with E-state index in [0.29, 0.717) is 17.8 Å². The zero-order chi connectivity index (χ0) is 19.7. The highest BCUT2D eigenvalue weighted by Gasteiger charge is 2.35. The lowest BCUT2D eigenvalue weighted by Gasteiger charge is -2.31. The number of sulfonamides is 1. The SMILES string of the molecule is Cc1ccc2c(c1)-c1ccccc1S(=O)(=O)N2CC(=O)NCc1ccncc1. The van der Waals surface area contributed by atoms with Gasteiger partial charge in [0.1, 0.15) is 6.54 Å². The van der Waals surface area contributed by atoms with Crippen LogP contribution in [0.25, 0.3) is 11.1 Å². The Morgan fingerprint density at radius 1 is 1.04 bits per heavy atom. The zero-order valence-corrected chi connectivity index (χ0v) is 16.1. The highest BCUT2D eigenvalue weighted by molar-refractivity contribution is 7.93. The summed E-state index contributed by atoms with van der Waals surface area (Å²) < 4.78 is 27.6. The second-order valence-corrected chi connectivity index (χ2v) is 8.49. The Balaban J connectivity index is 1.66. The van der Waals surface area contributed by atoms with Crippen LogP contribution in [0, 0.1) is 6.92 Å². The van der Waals surface area contributed by atoms with Gasteiger partial charge in [-0.1, -0.05) is 29.8 Å². The summed E-state index contributed by atoms with van der Waals surface area (Å²) in [7, 11) is -3.82. The van der Waals surface area contributed by atoms with Gasteiger partial charge in [-0.3, -0.25) is 14.1 Å². The van der Waals surface area contributed by atoms with Gasteiger partial charge in [-0.2, -0.15) is 0 Å². The molecule has 0 radical (unpaired) electrons. The van der Waals surface area contributed by atoms with Crippen LogP contribution in [0.15, 0.2) is 71.9 Å². The standard InChI is InChI=1S/C21H19N3O3S/c1-15-6-7-19-18(12-15)17-4-2-3-5-20(17)28(26,27)24(19)14-21(25)23-13-16-8-10-22-11-9-16/h2-12H,13-14H2,1H3,(H,23,25). The number of nitrogens with one attached hydrogen (secondary N) is 1. The van der Waals surface area contributed by atoms with Gasteiger partial charge in [-0.15, -0.1) is 0 Å². The fourth-order valence-electron chi connectivity index (χ4n) is 3.30. The number of aromatic nitrogens is 1. The Morgan fingerprint density at radius 3 is 2.57 bits per heavy atom. The molecule has 0 saturated heterocycles. The molecule has 0 atom stereocenters. The minimum Gasteiger partial charge on any atom is -0.350 e. The zero-order valence-electron chi connectivity index (χ0n) is 15.3. The lowest BCUT2D eigenvalue weighted by Crippen LogP contribution is -2.42. The van der Waals surface area contributed by atoms with Crippen LogP contribution < -0.4 is 9.62 Å². The van der Waals surface area contributed by atoms with Crippen molar-refractivity contribution in [3.8, 4) is 11.1 Å². The van der Waals surface area contributed by atoms with E-state index in [4.69, 9.17) is 0 Å². The molecule has 1 aliphatic rings. The number of aryl methyl sites for hydroxylation is 1. The molecular weight excluding hydrogens is 374 g/mol. The van der Waals surface area contributed by atoms with Gasteiger partial charge in [0.25, 0.3) is 10.0 Å². The van der Waals surface area contributed by atoms with Crippen LogP contribution in [-0.4, -0.2) is 25.9 Å². The molecule has 1 N–H and O–H groups in total. The quantitative estimate of drug-likeness (QED) is 0.739. The predicted octanol–water partition coefficient (Wildman–Crippen LogP) is 2.88. The number of rotatable bonds is 4. The van der Waals surface area contributed by atoms with Gasteiger partial charge >= 0.3 is 0 Å². The summed E-state index contributed by atoms with van der Waals surface area (Å²) in [6.45, 7) is 1.99. The number of fused-ring (bicyclic) bond motifs is 3. The summed E-state index contributed by atoms with van der Waals surface area (Å²) in [5.74, 6) is -0.369. The molecule has 1 amide bonds. The van der Waals surface area contributed by atoms with Crippen molar-refractivity contribution in [2.45, 2.75) is 18.4 Å². The average molecular weight is 393 g/mol. The Labute approximate surface area is 163 Å². The minimum atomic E-state index is -3.82. The van der Waals surface area contributed by atoms with Crippen LogP contribution in [0.2, 0.25) is 0 Å². The van der Waals surface area contributed by atoms with Crippen molar-refractivity contribution in [3.05, 3.63) is 78.1 Å². The van der Waals surface area contributed by atoms with Crippen LogP contribution in [0.3, 0.4) is 0 Å². The molecule has 0 saturated carbocycles. The van der Waals surface area contributed by atoms with Crippen LogP contribution >= 0.6 is 0 Å². The summed E-state index contributed by atoms with van der Waals surface area (Å²) in [4.78, 5) is 16.7. The molecule has 28 heavy (non-hydrogen) atoms. The second kappa shape index (κ2) is 7.09. The number of pyridine rings is 1. The Hall–Kier alpha value is -3.19. The molecule has 4 rings (SSSR count). The van der Waals surface area contributed by atoms with Crippen molar-refractivity contribution >= 4 is 21.6 Å². The fraction of sp³-hybridized carbons (Fsp3) is 0.143. The molecular formula is C21H19N3O3S. The van der Waals surface area contributed by atoms with Crippen molar-refractivity contribution in [2.75, 3.05) is 10.8 Å². The van der Waals surface area contributed by atoms with E-state index in [1.807, 2.05) is 25.1 Å². The molecule has 1 aliphatic heterocycles. The number of hydrogen-bond donors (Lipinski definition) is 1. The number of hydrogen-bond acceptors (Lipinski definition) is 4. The number of amides is 1. The van der Waals surface area contributed by atoms with Gasteiger partial charge in [-0.05, 0) is 42.8 Å². The third-order valence-electron chi connectivity index (χ3n) is 4.69. The molecule has 0 unspecified atom stereocenters. The van der Waals surface area contributed by atoms with E-state index in [9.17, 15) is 13.2 Å². The summed E-state index contributed by atoms with van der Waals surface area (Å²) in [6.07, 6.45) is 3.29. The van der Waals surface area contributed by atoms with Crippen molar-refractivity contribution in [3.63, 3.8) is 0 Å². The topological polar surface area (TPSA) is 79.4 Å². The Kier molecular flexibility index (Phi) is 4.60. The molecule has 2 aromatic carbocycles. The summed E-state index contributed by atoms with van der Waals surface area (Å²) in [5, 5.41) is 2.78. The monoisotopic (exact) mass is 393 g/mol. The first-order valence-corrected chi connectivity index (χ1v) is 10.3. The van der Waals surface area contributed by atoms with Gasteiger partial charge < -0.3 is 5.32 Å². The molecule has 0 aliphatic carbocycles. The number of carbonyl (C=O) groups is 1. The van der Waals surface area contributed by atoms with E-state index in [0.717, 1.165) is 16.7 Å². The van der Waals surface area contributed by atoms with Gasteiger partial charge in [-0.25, -0.2) is 8.42 Å². The maximum atomic E-state index is 13.2. The van der Waals surface area contributed by atoms with Gasteiger partial charge in [0.05, 0.1) is 10.6 Å². The first-order valence-electron chi connectivity index (χ1n) is 8.85. The number of carbonyl (C=O) groups excluding carboxylic acids is 1. The molecule has 142 valence electrons. The van der Waals surface area contributed by atoms with E-state index in [1.54, 1.807) is 48.8 Å². The molecule has 0 bridgehead atoms. The number of benzene rings is 2. The van der Waals surface area contributed by atoms with E-state index >= 15 is 0 Å². The van der Waals surface area contributed by atoms with E-state index in [2.05, 4.69) is 10.3 Å². The summed E-state index contributed by atoms with van der Waals surface area (Å²) >= 11 is 0. The van der Waals surface area contributed by atoms with Crippen molar-refractivity contribution < 1.29 is 13.2 Å². The van der Waals surface area contributed by atoms with Crippen LogP contribution in [0.5, 0.6) is 0 Å². The smallest absolute Gasteiger partial charge is 0.265 e. The lowest BCUT2D eigenvalue weighted by molar-refractivity contribution is -0.119. The third-order valence-corrected chi connectivity index (χ3v) is 6.51. The normalized spacial score (nSPS) is 14.1. The van der Waals surface area contributed by atoms with E-state index < -0.39 is 10.0 Å². The maximum absolute atomic E-state index is 13.2. The molecule has 0 fully saturated rings. The first kappa shape index (κ1) is 18.2. The maximum Gasteiger partial charge on any atom is 0.265 e.